The topological polar surface area (TPSA) is 81.8 Å². The van der Waals surface area contributed by atoms with Crippen molar-refractivity contribution in [1.82, 2.24) is 20.4 Å². The zero-order chi connectivity index (χ0) is 20.3. The number of urea groups is 1. The summed E-state index contributed by atoms with van der Waals surface area (Å²) in [6.45, 7) is 7.55. The third-order valence-electron chi connectivity index (χ3n) is 6.08. The first-order valence-corrected chi connectivity index (χ1v) is 10.2. The van der Waals surface area contributed by atoms with Crippen LogP contribution >= 0.6 is 12.4 Å². The monoisotopic (exact) mass is 422 g/mol. The molecule has 160 valence electrons. The van der Waals surface area contributed by atoms with Gasteiger partial charge in [-0.3, -0.25) is 14.5 Å². The van der Waals surface area contributed by atoms with Crippen molar-refractivity contribution < 1.29 is 14.4 Å². The maximum atomic E-state index is 13.1. The van der Waals surface area contributed by atoms with Gasteiger partial charge in [0, 0.05) is 19.6 Å². The minimum absolute atomic E-state index is 0. The minimum atomic E-state index is -0.879. The Morgan fingerprint density at radius 3 is 2.34 bits per heavy atom. The van der Waals surface area contributed by atoms with E-state index >= 15 is 0 Å². The van der Waals surface area contributed by atoms with E-state index in [9.17, 15) is 14.4 Å². The van der Waals surface area contributed by atoms with Crippen LogP contribution in [0.1, 0.15) is 50.8 Å². The lowest BCUT2D eigenvalue weighted by Gasteiger charge is -2.37. The highest BCUT2D eigenvalue weighted by Gasteiger charge is 2.49. The van der Waals surface area contributed by atoms with Gasteiger partial charge in [-0.15, -0.1) is 12.4 Å². The molecule has 0 bridgehead atoms. The average molecular weight is 423 g/mol. The van der Waals surface area contributed by atoms with Gasteiger partial charge in [0.25, 0.3) is 5.91 Å². The van der Waals surface area contributed by atoms with Gasteiger partial charge in [0.05, 0.1) is 6.04 Å². The fourth-order valence-corrected chi connectivity index (χ4v) is 4.05. The highest BCUT2D eigenvalue weighted by Crippen LogP contribution is 2.27. The number of rotatable bonds is 6. The summed E-state index contributed by atoms with van der Waals surface area (Å²) < 4.78 is 0. The summed E-state index contributed by atoms with van der Waals surface area (Å²) in [6, 6.07) is 7.71. The molecule has 0 spiro atoms. The number of nitrogens with zero attached hydrogens (tertiary/aromatic N) is 2. The SMILES string of the molecule is CCc1ccc(C2CNCCN2C(=O)CN2C(=O)NC(CC)(CC)C2=O)cc1.Cl. The molecule has 0 aliphatic carbocycles. The number of carbonyl (C=O) groups excluding carboxylic acids is 3. The summed E-state index contributed by atoms with van der Waals surface area (Å²) in [6.07, 6.45) is 1.99. The molecule has 2 N–H and O–H groups in total. The van der Waals surface area contributed by atoms with E-state index in [1.165, 1.54) is 5.56 Å². The van der Waals surface area contributed by atoms with E-state index in [0.29, 0.717) is 32.5 Å². The molecule has 7 nitrogen and oxygen atoms in total. The first-order chi connectivity index (χ1) is 13.5. The first kappa shape index (κ1) is 23.2. The van der Waals surface area contributed by atoms with Gasteiger partial charge < -0.3 is 15.5 Å². The van der Waals surface area contributed by atoms with Gasteiger partial charge in [-0.25, -0.2) is 4.79 Å². The number of aryl methyl sites for hydroxylation is 1. The van der Waals surface area contributed by atoms with Crippen LogP contribution in [0, 0.1) is 0 Å². The molecule has 1 aromatic rings. The Morgan fingerprint density at radius 2 is 1.79 bits per heavy atom. The highest BCUT2D eigenvalue weighted by molar-refractivity contribution is 6.09. The lowest BCUT2D eigenvalue weighted by atomic mass is 9.93. The summed E-state index contributed by atoms with van der Waals surface area (Å²) in [5, 5.41) is 6.12. The number of nitrogens with one attached hydrogen (secondary N) is 2. The number of carbonyl (C=O) groups is 3. The van der Waals surface area contributed by atoms with Crippen LogP contribution in [0.5, 0.6) is 0 Å². The third kappa shape index (κ3) is 4.41. The second-order valence-electron chi connectivity index (χ2n) is 7.51. The van der Waals surface area contributed by atoms with Crippen LogP contribution in [0.3, 0.4) is 0 Å². The molecule has 0 saturated carbocycles. The van der Waals surface area contributed by atoms with Gasteiger partial charge >= 0.3 is 6.03 Å². The van der Waals surface area contributed by atoms with Crippen LogP contribution in [0.2, 0.25) is 0 Å². The van der Waals surface area contributed by atoms with Crippen molar-refractivity contribution in [2.45, 2.75) is 51.6 Å². The Morgan fingerprint density at radius 1 is 1.14 bits per heavy atom. The highest BCUT2D eigenvalue weighted by atomic mass is 35.5. The average Bonchev–Trinajstić information content (AvgIpc) is 2.98. The maximum absolute atomic E-state index is 13.1. The van der Waals surface area contributed by atoms with E-state index in [2.05, 4.69) is 41.8 Å². The molecule has 3 rings (SSSR count). The fourth-order valence-electron chi connectivity index (χ4n) is 4.05. The molecular weight excluding hydrogens is 392 g/mol. The van der Waals surface area contributed by atoms with Gasteiger partial charge in [-0.2, -0.15) is 0 Å². The number of benzene rings is 1. The lowest BCUT2D eigenvalue weighted by Crippen LogP contribution is -2.52. The van der Waals surface area contributed by atoms with Crippen molar-refractivity contribution in [3.63, 3.8) is 0 Å². The van der Waals surface area contributed by atoms with E-state index in [0.717, 1.165) is 16.9 Å². The van der Waals surface area contributed by atoms with Crippen molar-refractivity contribution in [3.05, 3.63) is 35.4 Å². The molecule has 1 unspecified atom stereocenters. The van der Waals surface area contributed by atoms with Crippen molar-refractivity contribution in [3.8, 4) is 0 Å². The van der Waals surface area contributed by atoms with E-state index in [4.69, 9.17) is 0 Å². The van der Waals surface area contributed by atoms with Crippen LogP contribution < -0.4 is 10.6 Å². The molecule has 2 aliphatic heterocycles. The minimum Gasteiger partial charge on any atom is -0.332 e. The normalized spacial score (nSPS) is 21.0. The molecule has 2 saturated heterocycles. The zero-order valence-corrected chi connectivity index (χ0v) is 18.2. The fraction of sp³-hybridized carbons (Fsp3) is 0.571. The Bertz CT molecular complexity index is 749. The van der Waals surface area contributed by atoms with Crippen LogP contribution in [0.25, 0.3) is 0 Å². The van der Waals surface area contributed by atoms with Crippen molar-refractivity contribution in [2.24, 2.45) is 0 Å². The van der Waals surface area contributed by atoms with E-state index in [1.54, 1.807) is 4.90 Å². The Kier molecular flexibility index (Phi) is 7.66. The van der Waals surface area contributed by atoms with Gasteiger partial charge in [-0.1, -0.05) is 45.0 Å². The van der Waals surface area contributed by atoms with E-state index in [-0.39, 0.29) is 36.8 Å². The number of imide groups is 1. The van der Waals surface area contributed by atoms with Crippen molar-refractivity contribution in [2.75, 3.05) is 26.2 Å². The van der Waals surface area contributed by atoms with Gasteiger partial charge in [-0.05, 0) is 30.4 Å². The predicted molar refractivity (Wildman–Crippen MR) is 114 cm³/mol. The summed E-state index contributed by atoms with van der Waals surface area (Å²) in [5.74, 6) is -0.493. The molecule has 1 atom stereocenters. The molecule has 0 radical (unpaired) electrons. The molecule has 4 amide bonds. The zero-order valence-electron chi connectivity index (χ0n) is 17.4. The first-order valence-electron chi connectivity index (χ1n) is 10.2. The molecule has 8 heteroatoms. The van der Waals surface area contributed by atoms with Crippen molar-refractivity contribution in [1.29, 1.82) is 0 Å². The molecule has 1 aromatic carbocycles. The van der Waals surface area contributed by atoms with Crippen LogP contribution in [-0.4, -0.2) is 59.4 Å². The molecule has 2 heterocycles. The second-order valence-corrected chi connectivity index (χ2v) is 7.51. The number of halogens is 1. The Hall–Kier alpha value is -2.12. The standard InChI is InChI=1S/C21H30N4O3.ClH/c1-4-15-7-9-16(10-8-15)17-13-22-11-12-24(17)18(26)14-25-19(27)21(5-2,6-3)23-20(25)28;/h7-10,17,22H,4-6,11-14H2,1-3H3,(H,23,28);1H. The summed E-state index contributed by atoms with van der Waals surface area (Å²) >= 11 is 0. The predicted octanol–water partition coefficient (Wildman–Crippen LogP) is 2.25. The number of hydrogen-bond acceptors (Lipinski definition) is 4. The summed E-state index contributed by atoms with van der Waals surface area (Å²) in [4.78, 5) is 41.1. The molecule has 29 heavy (non-hydrogen) atoms. The molecule has 2 fully saturated rings. The van der Waals surface area contributed by atoms with E-state index in [1.807, 2.05) is 13.8 Å². The Labute approximate surface area is 178 Å². The second kappa shape index (κ2) is 9.59. The molecule has 2 aliphatic rings. The van der Waals surface area contributed by atoms with Crippen LogP contribution in [0.4, 0.5) is 4.79 Å². The lowest BCUT2D eigenvalue weighted by molar-refractivity contribution is -0.141. The van der Waals surface area contributed by atoms with Gasteiger partial charge in [0.1, 0.15) is 12.1 Å². The molecular formula is C21H31ClN4O3. The Balaban J connectivity index is 0.00000300. The third-order valence-corrected chi connectivity index (χ3v) is 6.08. The number of amides is 4. The number of piperazine rings is 1. The quantitative estimate of drug-likeness (QED) is 0.689. The van der Waals surface area contributed by atoms with Gasteiger partial charge in [0.2, 0.25) is 5.91 Å². The summed E-state index contributed by atoms with van der Waals surface area (Å²) in [7, 11) is 0. The van der Waals surface area contributed by atoms with Crippen molar-refractivity contribution >= 4 is 30.3 Å². The van der Waals surface area contributed by atoms with Crippen LogP contribution in [0.15, 0.2) is 24.3 Å². The molecule has 0 aromatic heterocycles. The maximum Gasteiger partial charge on any atom is 0.325 e. The van der Waals surface area contributed by atoms with E-state index < -0.39 is 11.6 Å². The van der Waals surface area contributed by atoms with Crippen LogP contribution in [-0.2, 0) is 16.0 Å². The smallest absolute Gasteiger partial charge is 0.325 e. The van der Waals surface area contributed by atoms with Gasteiger partial charge in [0.15, 0.2) is 0 Å². The summed E-state index contributed by atoms with van der Waals surface area (Å²) in [5.41, 5.74) is 1.43. The largest absolute Gasteiger partial charge is 0.332 e. The number of hydrogen-bond donors (Lipinski definition) is 2.